The van der Waals surface area contributed by atoms with Crippen LogP contribution in [0.5, 0.6) is 0 Å². The molecule has 1 aliphatic carbocycles. The van der Waals surface area contributed by atoms with Gasteiger partial charge in [-0.15, -0.1) is 0 Å². The molecule has 1 aliphatic rings. The molecule has 1 saturated carbocycles. The highest BCUT2D eigenvalue weighted by Crippen LogP contribution is 2.29. The molecular weight excluding hydrogens is 140 g/mol. The van der Waals surface area contributed by atoms with Crippen molar-refractivity contribution in [2.24, 2.45) is 11.8 Å². The van der Waals surface area contributed by atoms with Crippen molar-refractivity contribution >= 4 is 0 Å². The molecule has 2 N–H and O–H groups in total. The van der Waals surface area contributed by atoms with Gasteiger partial charge in [0.2, 0.25) is 0 Å². The number of aliphatic hydroxyl groups excluding tert-OH is 2. The predicted octanol–water partition coefficient (Wildman–Crippen LogP) is 1.17. The molecule has 0 aromatic rings. The zero-order valence-corrected chi connectivity index (χ0v) is 7.00. The first-order valence-corrected chi connectivity index (χ1v) is 4.60. The van der Waals surface area contributed by atoms with Gasteiger partial charge in [-0.1, -0.05) is 32.1 Å². The summed E-state index contributed by atoms with van der Waals surface area (Å²) in [6.45, 7) is 0.308. The number of hydrogen-bond acceptors (Lipinski definition) is 2. The Labute approximate surface area is 68.2 Å². The molecule has 11 heavy (non-hydrogen) atoms. The van der Waals surface area contributed by atoms with E-state index in [0.29, 0.717) is 5.92 Å². The van der Waals surface area contributed by atoms with Crippen LogP contribution in [0.25, 0.3) is 0 Å². The summed E-state index contributed by atoms with van der Waals surface area (Å²) in [6.07, 6.45) is 6.29. The lowest BCUT2D eigenvalue weighted by atomic mass is 9.81. The van der Waals surface area contributed by atoms with Gasteiger partial charge in [0, 0.05) is 19.1 Å². The minimum Gasteiger partial charge on any atom is -0.396 e. The fourth-order valence-electron chi connectivity index (χ4n) is 1.96. The van der Waals surface area contributed by atoms with Crippen molar-refractivity contribution in [3.63, 3.8) is 0 Å². The second kappa shape index (κ2) is 4.73. The molecule has 0 atom stereocenters. The van der Waals surface area contributed by atoms with Gasteiger partial charge in [-0.25, -0.2) is 0 Å². The smallest absolute Gasteiger partial charge is 0.0483 e. The molecule has 0 bridgehead atoms. The van der Waals surface area contributed by atoms with E-state index in [9.17, 15) is 0 Å². The first-order valence-electron chi connectivity index (χ1n) is 4.60. The molecular formula is C9H18O2. The first-order chi connectivity index (χ1) is 5.38. The van der Waals surface area contributed by atoms with Gasteiger partial charge in [0.05, 0.1) is 0 Å². The monoisotopic (exact) mass is 158 g/mol. The Morgan fingerprint density at radius 1 is 1.00 bits per heavy atom. The van der Waals surface area contributed by atoms with Crippen molar-refractivity contribution in [3.8, 4) is 0 Å². The fourth-order valence-corrected chi connectivity index (χ4v) is 1.96. The quantitative estimate of drug-likeness (QED) is 0.647. The van der Waals surface area contributed by atoms with Gasteiger partial charge >= 0.3 is 0 Å². The average molecular weight is 158 g/mol. The van der Waals surface area contributed by atoms with Gasteiger partial charge in [-0.05, 0) is 5.92 Å². The highest BCUT2D eigenvalue weighted by molar-refractivity contribution is 4.72. The third-order valence-electron chi connectivity index (χ3n) is 2.79. The van der Waals surface area contributed by atoms with Crippen molar-refractivity contribution in [3.05, 3.63) is 0 Å². The van der Waals surface area contributed by atoms with E-state index < -0.39 is 0 Å². The summed E-state index contributed by atoms with van der Waals surface area (Å²) in [5, 5.41) is 17.8. The van der Waals surface area contributed by atoms with Crippen molar-refractivity contribution in [1.29, 1.82) is 0 Å². The van der Waals surface area contributed by atoms with Crippen LogP contribution in [-0.4, -0.2) is 23.4 Å². The van der Waals surface area contributed by atoms with E-state index in [1.165, 1.54) is 32.1 Å². The van der Waals surface area contributed by atoms with Crippen LogP contribution in [0.4, 0.5) is 0 Å². The maximum absolute atomic E-state index is 8.92. The minimum absolute atomic E-state index is 0.148. The average Bonchev–Trinajstić information content (AvgIpc) is 2.09. The van der Waals surface area contributed by atoms with Crippen LogP contribution in [0.2, 0.25) is 0 Å². The van der Waals surface area contributed by atoms with Gasteiger partial charge in [0.15, 0.2) is 0 Å². The third kappa shape index (κ3) is 2.46. The molecule has 66 valence electrons. The normalized spacial score (nSPS) is 21.0. The predicted molar refractivity (Wildman–Crippen MR) is 44.2 cm³/mol. The van der Waals surface area contributed by atoms with E-state index in [1.54, 1.807) is 0 Å². The minimum atomic E-state index is 0.148. The molecule has 0 radical (unpaired) electrons. The standard InChI is InChI=1S/C9H18O2/c10-6-9(7-11)8-4-2-1-3-5-8/h8-11H,1-7H2. The molecule has 0 heterocycles. The number of rotatable bonds is 3. The molecule has 0 saturated heterocycles. The topological polar surface area (TPSA) is 40.5 Å². The van der Waals surface area contributed by atoms with Crippen LogP contribution in [0.1, 0.15) is 32.1 Å². The molecule has 1 rings (SSSR count). The summed E-state index contributed by atoms with van der Waals surface area (Å²) in [6, 6.07) is 0. The molecule has 0 unspecified atom stereocenters. The third-order valence-corrected chi connectivity index (χ3v) is 2.79. The molecule has 0 aromatic heterocycles. The summed E-state index contributed by atoms with van der Waals surface area (Å²) in [4.78, 5) is 0. The van der Waals surface area contributed by atoms with Gasteiger partial charge in [-0.2, -0.15) is 0 Å². The number of hydrogen-bond donors (Lipinski definition) is 2. The van der Waals surface area contributed by atoms with Crippen molar-refractivity contribution in [2.45, 2.75) is 32.1 Å². The summed E-state index contributed by atoms with van der Waals surface area (Å²) < 4.78 is 0. The zero-order valence-electron chi connectivity index (χ0n) is 7.00. The van der Waals surface area contributed by atoms with E-state index in [4.69, 9.17) is 10.2 Å². The van der Waals surface area contributed by atoms with Gasteiger partial charge < -0.3 is 10.2 Å². The maximum Gasteiger partial charge on any atom is 0.0483 e. The SMILES string of the molecule is OCC(CO)C1CCCCC1. The molecule has 2 heteroatoms. The van der Waals surface area contributed by atoms with Crippen LogP contribution >= 0.6 is 0 Å². The lowest BCUT2D eigenvalue weighted by molar-refractivity contribution is 0.0885. The second-order valence-corrected chi connectivity index (χ2v) is 3.52. The van der Waals surface area contributed by atoms with Crippen LogP contribution in [0.3, 0.4) is 0 Å². The Balaban J connectivity index is 2.30. The highest BCUT2D eigenvalue weighted by atomic mass is 16.3. The molecule has 1 fully saturated rings. The maximum atomic E-state index is 8.92. The van der Waals surface area contributed by atoms with Crippen LogP contribution in [0.15, 0.2) is 0 Å². The molecule has 0 aliphatic heterocycles. The van der Waals surface area contributed by atoms with Gasteiger partial charge in [-0.3, -0.25) is 0 Å². The summed E-state index contributed by atoms with van der Waals surface area (Å²) in [5.74, 6) is 0.731. The summed E-state index contributed by atoms with van der Waals surface area (Å²) in [5.41, 5.74) is 0. The zero-order chi connectivity index (χ0) is 8.10. The largest absolute Gasteiger partial charge is 0.396 e. The van der Waals surface area contributed by atoms with Gasteiger partial charge in [0.25, 0.3) is 0 Å². The fraction of sp³-hybridized carbons (Fsp3) is 1.00. The molecule has 0 amide bonds. The van der Waals surface area contributed by atoms with E-state index in [0.717, 1.165) is 0 Å². The highest BCUT2D eigenvalue weighted by Gasteiger charge is 2.21. The van der Waals surface area contributed by atoms with Crippen molar-refractivity contribution in [2.75, 3.05) is 13.2 Å². The lowest BCUT2D eigenvalue weighted by Crippen LogP contribution is -2.24. The molecule has 0 aromatic carbocycles. The van der Waals surface area contributed by atoms with Crippen LogP contribution in [0, 0.1) is 11.8 Å². The Kier molecular flexibility index (Phi) is 3.87. The van der Waals surface area contributed by atoms with Crippen LogP contribution < -0.4 is 0 Å². The second-order valence-electron chi connectivity index (χ2n) is 3.52. The van der Waals surface area contributed by atoms with Crippen molar-refractivity contribution in [1.82, 2.24) is 0 Å². The Hall–Kier alpha value is -0.0800. The van der Waals surface area contributed by atoms with E-state index >= 15 is 0 Å². The van der Waals surface area contributed by atoms with E-state index in [2.05, 4.69) is 0 Å². The van der Waals surface area contributed by atoms with Gasteiger partial charge in [0.1, 0.15) is 0 Å². The van der Waals surface area contributed by atoms with E-state index in [1.807, 2.05) is 0 Å². The first kappa shape index (κ1) is 9.01. The summed E-state index contributed by atoms with van der Waals surface area (Å²) >= 11 is 0. The van der Waals surface area contributed by atoms with E-state index in [-0.39, 0.29) is 19.1 Å². The lowest BCUT2D eigenvalue weighted by Gasteiger charge is -2.27. The summed E-state index contributed by atoms with van der Waals surface area (Å²) in [7, 11) is 0. The number of aliphatic hydroxyl groups is 2. The van der Waals surface area contributed by atoms with Crippen molar-refractivity contribution < 1.29 is 10.2 Å². The van der Waals surface area contributed by atoms with Crippen LogP contribution in [-0.2, 0) is 0 Å². The molecule has 0 spiro atoms. The Morgan fingerprint density at radius 2 is 1.55 bits per heavy atom. The Morgan fingerprint density at radius 3 is 2.00 bits per heavy atom. The molecule has 2 nitrogen and oxygen atoms in total. The Bertz CT molecular complexity index is 93.7.